The standard InChI is InChI=1S/C15H18N4O3S2/c1-15(2,24(21,22)19-7-4-8-19)13(20)18-14-17-12(10-23-14)11-5-3-6-16-9-11/h3,5-6,9-10H,4,7-8H2,1-2H3,(H,17,18,20). The van der Waals surface area contributed by atoms with Gasteiger partial charge in [-0.05, 0) is 32.4 Å². The van der Waals surface area contributed by atoms with Gasteiger partial charge in [0, 0.05) is 36.4 Å². The predicted molar refractivity (Wildman–Crippen MR) is 93.2 cm³/mol. The molecule has 24 heavy (non-hydrogen) atoms. The van der Waals surface area contributed by atoms with Crippen molar-refractivity contribution in [3.05, 3.63) is 29.9 Å². The first-order chi connectivity index (χ1) is 11.3. The van der Waals surface area contributed by atoms with Crippen molar-refractivity contribution in [1.82, 2.24) is 14.3 Å². The molecular formula is C15H18N4O3S2. The molecule has 1 N–H and O–H groups in total. The minimum atomic E-state index is -3.68. The van der Waals surface area contributed by atoms with Crippen LogP contribution in [0.2, 0.25) is 0 Å². The zero-order valence-electron chi connectivity index (χ0n) is 13.4. The van der Waals surface area contributed by atoms with Gasteiger partial charge in [-0.2, -0.15) is 0 Å². The first-order valence-corrected chi connectivity index (χ1v) is 9.81. The van der Waals surface area contributed by atoms with E-state index >= 15 is 0 Å². The minimum absolute atomic E-state index is 0.366. The molecule has 1 aliphatic rings. The van der Waals surface area contributed by atoms with E-state index in [-0.39, 0.29) is 0 Å². The molecule has 0 bridgehead atoms. The molecule has 128 valence electrons. The Bertz CT molecular complexity index is 843. The summed E-state index contributed by atoms with van der Waals surface area (Å²) in [6.07, 6.45) is 4.18. The number of rotatable bonds is 5. The summed E-state index contributed by atoms with van der Waals surface area (Å²) < 4.78 is 24.9. The summed E-state index contributed by atoms with van der Waals surface area (Å²) in [5, 5.41) is 4.79. The number of sulfonamides is 1. The average Bonchev–Trinajstić information content (AvgIpc) is 2.94. The van der Waals surface area contributed by atoms with Crippen LogP contribution in [0, 0.1) is 0 Å². The normalized spacial score (nSPS) is 15.8. The molecule has 1 amide bonds. The number of carbonyl (C=O) groups is 1. The fraction of sp³-hybridized carbons (Fsp3) is 0.400. The molecule has 0 unspecified atom stereocenters. The Hall–Kier alpha value is -1.84. The summed E-state index contributed by atoms with van der Waals surface area (Å²) in [4.78, 5) is 20.9. The van der Waals surface area contributed by atoms with Crippen LogP contribution < -0.4 is 5.32 Å². The quantitative estimate of drug-likeness (QED) is 0.873. The average molecular weight is 366 g/mol. The van der Waals surface area contributed by atoms with Gasteiger partial charge >= 0.3 is 0 Å². The number of thiazole rings is 1. The highest BCUT2D eigenvalue weighted by molar-refractivity contribution is 7.91. The Kier molecular flexibility index (Phi) is 4.41. The molecule has 1 fully saturated rings. The van der Waals surface area contributed by atoms with E-state index in [2.05, 4.69) is 15.3 Å². The van der Waals surface area contributed by atoms with Crippen LogP contribution in [-0.2, 0) is 14.8 Å². The fourth-order valence-corrected chi connectivity index (χ4v) is 4.58. The van der Waals surface area contributed by atoms with Gasteiger partial charge < -0.3 is 5.32 Å². The summed E-state index contributed by atoms with van der Waals surface area (Å²) in [5.41, 5.74) is 1.52. The third kappa shape index (κ3) is 2.94. The second kappa shape index (κ2) is 6.23. The van der Waals surface area contributed by atoms with E-state index in [0.29, 0.717) is 23.9 Å². The minimum Gasteiger partial charge on any atom is -0.301 e. The molecule has 1 saturated heterocycles. The molecule has 0 aliphatic carbocycles. The van der Waals surface area contributed by atoms with Crippen LogP contribution in [0.15, 0.2) is 29.9 Å². The third-order valence-electron chi connectivity index (χ3n) is 4.03. The highest BCUT2D eigenvalue weighted by Gasteiger charge is 2.47. The van der Waals surface area contributed by atoms with Gasteiger partial charge in [-0.25, -0.2) is 17.7 Å². The zero-order valence-corrected chi connectivity index (χ0v) is 15.0. The van der Waals surface area contributed by atoms with E-state index in [1.54, 1.807) is 23.8 Å². The maximum absolute atomic E-state index is 12.5. The lowest BCUT2D eigenvalue weighted by molar-refractivity contribution is -0.118. The number of pyridine rings is 1. The van der Waals surface area contributed by atoms with E-state index in [4.69, 9.17) is 0 Å². The van der Waals surface area contributed by atoms with Gasteiger partial charge in [-0.15, -0.1) is 11.3 Å². The number of carbonyl (C=O) groups excluding carboxylic acids is 1. The van der Waals surface area contributed by atoms with E-state index in [1.807, 2.05) is 6.07 Å². The lowest BCUT2D eigenvalue weighted by Crippen LogP contribution is -2.55. The van der Waals surface area contributed by atoms with E-state index < -0.39 is 20.7 Å². The Labute approximate surface area is 144 Å². The maximum atomic E-state index is 12.5. The molecule has 0 atom stereocenters. The van der Waals surface area contributed by atoms with Crippen molar-refractivity contribution >= 4 is 32.4 Å². The molecule has 1 aliphatic heterocycles. The van der Waals surface area contributed by atoms with Gasteiger partial charge in [0.2, 0.25) is 15.9 Å². The number of anilines is 1. The second-order valence-corrected chi connectivity index (χ2v) is 9.35. The summed E-state index contributed by atoms with van der Waals surface area (Å²) in [6, 6.07) is 3.67. The Morgan fingerprint density at radius 1 is 1.38 bits per heavy atom. The largest absolute Gasteiger partial charge is 0.301 e. The van der Waals surface area contributed by atoms with Gasteiger partial charge in [-0.3, -0.25) is 9.78 Å². The fourth-order valence-electron chi connectivity index (χ4n) is 2.19. The van der Waals surface area contributed by atoms with Crippen molar-refractivity contribution in [1.29, 1.82) is 0 Å². The summed E-state index contributed by atoms with van der Waals surface area (Å²) in [5.74, 6) is -0.582. The molecule has 3 heterocycles. The topological polar surface area (TPSA) is 92.3 Å². The van der Waals surface area contributed by atoms with Gasteiger partial charge in [0.05, 0.1) is 5.69 Å². The molecule has 2 aromatic rings. The maximum Gasteiger partial charge on any atom is 0.248 e. The molecule has 0 spiro atoms. The molecule has 3 rings (SSSR count). The molecule has 7 nitrogen and oxygen atoms in total. The number of hydrogen-bond donors (Lipinski definition) is 1. The van der Waals surface area contributed by atoms with Gasteiger partial charge in [-0.1, -0.05) is 0 Å². The van der Waals surface area contributed by atoms with Crippen molar-refractivity contribution in [2.24, 2.45) is 0 Å². The Balaban J connectivity index is 1.76. The van der Waals surface area contributed by atoms with Crippen molar-refractivity contribution in [3.8, 4) is 11.3 Å². The first-order valence-electron chi connectivity index (χ1n) is 7.49. The third-order valence-corrected chi connectivity index (χ3v) is 7.31. The molecule has 9 heteroatoms. The van der Waals surface area contributed by atoms with Crippen LogP contribution in [0.3, 0.4) is 0 Å². The molecule has 0 radical (unpaired) electrons. The number of aromatic nitrogens is 2. The van der Waals surface area contributed by atoms with E-state index in [9.17, 15) is 13.2 Å². The van der Waals surface area contributed by atoms with Crippen molar-refractivity contribution in [2.75, 3.05) is 18.4 Å². The highest BCUT2D eigenvalue weighted by atomic mass is 32.2. The Morgan fingerprint density at radius 2 is 2.12 bits per heavy atom. The second-order valence-electron chi connectivity index (χ2n) is 6.00. The van der Waals surface area contributed by atoms with Gasteiger partial charge in [0.15, 0.2) is 9.88 Å². The van der Waals surface area contributed by atoms with Crippen molar-refractivity contribution < 1.29 is 13.2 Å². The lowest BCUT2D eigenvalue weighted by atomic mass is 10.2. The molecule has 2 aromatic heterocycles. The molecule has 0 aromatic carbocycles. The van der Waals surface area contributed by atoms with Gasteiger partial charge in [0.1, 0.15) is 0 Å². The number of nitrogens with zero attached hydrogens (tertiary/aromatic N) is 3. The van der Waals surface area contributed by atoms with Crippen LogP contribution in [0.5, 0.6) is 0 Å². The van der Waals surface area contributed by atoms with Crippen LogP contribution in [0.4, 0.5) is 5.13 Å². The van der Waals surface area contributed by atoms with Gasteiger partial charge in [0.25, 0.3) is 0 Å². The molecular weight excluding hydrogens is 348 g/mol. The smallest absolute Gasteiger partial charge is 0.248 e. The number of hydrogen-bond acceptors (Lipinski definition) is 6. The summed E-state index contributed by atoms with van der Waals surface area (Å²) in [6.45, 7) is 3.79. The number of nitrogens with one attached hydrogen (secondary N) is 1. The van der Waals surface area contributed by atoms with E-state index in [1.165, 1.54) is 29.5 Å². The van der Waals surface area contributed by atoms with Crippen molar-refractivity contribution in [2.45, 2.75) is 25.0 Å². The van der Waals surface area contributed by atoms with Crippen molar-refractivity contribution in [3.63, 3.8) is 0 Å². The van der Waals surface area contributed by atoms with E-state index in [0.717, 1.165) is 12.0 Å². The van der Waals surface area contributed by atoms with Crippen LogP contribution >= 0.6 is 11.3 Å². The number of amides is 1. The summed E-state index contributed by atoms with van der Waals surface area (Å²) in [7, 11) is -3.68. The van der Waals surface area contributed by atoms with Crippen LogP contribution in [0.1, 0.15) is 20.3 Å². The predicted octanol–water partition coefficient (Wildman–Crippen LogP) is 1.96. The lowest BCUT2D eigenvalue weighted by Gasteiger charge is -2.36. The monoisotopic (exact) mass is 366 g/mol. The van der Waals surface area contributed by atoms with Crippen LogP contribution in [-0.4, -0.2) is 46.4 Å². The Morgan fingerprint density at radius 3 is 2.71 bits per heavy atom. The molecule has 0 saturated carbocycles. The summed E-state index contributed by atoms with van der Waals surface area (Å²) >= 11 is 1.25. The van der Waals surface area contributed by atoms with Crippen LogP contribution in [0.25, 0.3) is 11.3 Å². The SMILES string of the molecule is CC(C)(C(=O)Nc1nc(-c2cccnc2)cs1)S(=O)(=O)N1CCC1. The first kappa shape index (κ1) is 17.0. The zero-order chi connectivity index (χ0) is 17.4. The highest BCUT2D eigenvalue weighted by Crippen LogP contribution is 2.29.